The third-order valence-corrected chi connectivity index (χ3v) is 15.3. The minimum atomic E-state index is -3.92. The third kappa shape index (κ3) is 6.92. The molecule has 2 aliphatic carbocycles. The fraction of sp³-hybridized carbons (Fsp3) is 0.667. The second kappa shape index (κ2) is 14.1. The number of aliphatic hydroxyl groups is 1. The molecule has 0 radical (unpaired) electrons. The van der Waals surface area contributed by atoms with Gasteiger partial charge in [0.05, 0.1) is 42.9 Å². The lowest BCUT2D eigenvalue weighted by Gasteiger charge is -2.50. The van der Waals surface area contributed by atoms with Crippen LogP contribution in [0.5, 0.6) is 5.75 Å². The van der Waals surface area contributed by atoms with E-state index in [-0.39, 0.29) is 35.7 Å². The van der Waals surface area contributed by atoms with Crippen LogP contribution >= 0.6 is 11.6 Å². The molecule has 2 aromatic rings. The number of anilines is 1. The normalized spacial score (nSPS) is 36.0. The average molecular weight is 742 g/mol. The molecule has 10 nitrogen and oxygen atoms in total. The molecule has 2 N–H and O–H groups in total. The van der Waals surface area contributed by atoms with Gasteiger partial charge in [-0.05, 0) is 111 Å². The molecule has 0 aromatic heterocycles. The molecule has 1 spiro atoms. The van der Waals surface area contributed by atoms with Gasteiger partial charge in [0.1, 0.15) is 5.75 Å². The standard InChI is InChI=1S/C39H52ClN3O7S/c1-24-5-3-7-33(38-48-20-30(21-49-38)42-18-31(44)19-42)32-11-8-28(32)17-43-22-39(14-4-6-26-15-29(40)10-12-34(26)39)23-50-36-13-9-27(16-35(36)43)37(45)41-51(46,47)25(24)2/h9-10,12-13,15-16,24-25,28,30-33,38,44H,3-8,11,14,17-23H2,1-2H3,(H,41,45)/t24-,25+,28-,30-,32+,33-,38+,39-/m0/s1. The van der Waals surface area contributed by atoms with Gasteiger partial charge in [-0.25, -0.2) is 13.1 Å². The van der Waals surface area contributed by atoms with Gasteiger partial charge in [-0.3, -0.25) is 9.69 Å². The van der Waals surface area contributed by atoms with Crippen LogP contribution in [0.4, 0.5) is 5.69 Å². The van der Waals surface area contributed by atoms with Gasteiger partial charge in [0.15, 0.2) is 6.29 Å². The van der Waals surface area contributed by atoms with Crippen LogP contribution < -0.4 is 14.4 Å². The van der Waals surface area contributed by atoms with Gasteiger partial charge in [-0.2, -0.15) is 0 Å². The highest BCUT2D eigenvalue weighted by atomic mass is 35.5. The number of nitrogens with one attached hydrogen (secondary N) is 1. The van der Waals surface area contributed by atoms with E-state index in [2.05, 4.69) is 26.7 Å². The molecule has 51 heavy (non-hydrogen) atoms. The minimum absolute atomic E-state index is 0.142. The van der Waals surface area contributed by atoms with Crippen molar-refractivity contribution in [3.05, 3.63) is 58.1 Å². The molecule has 2 saturated heterocycles. The largest absolute Gasteiger partial charge is 0.490 e. The molecule has 278 valence electrons. The summed E-state index contributed by atoms with van der Waals surface area (Å²) in [4.78, 5) is 18.2. The maximum absolute atomic E-state index is 13.6. The van der Waals surface area contributed by atoms with E-state index in [0.29, 0.717) is 56.1 Å². The summed E-state index contributed by atoms with van der Waals surface area (Å²) in [7, 11) is -3.92. The van der Waals surface area contributed by atoms with Crippen LogP contribution in [0.3, 0.4) is 0 Å². The second-order valence-corrected chi connectivity index (χ2v) is 18.8. The first-order valence-electron chi connectivity index (χ1n) is 19.0. The predicted octanol–water partition coefficient (Wildman–Crippen LogP) is 5.14. The SMILES string of the molecule is C[C@@H]1[C@@H](C)CCC[C@H]([C@H]2OC[C@@H](N3CC(O)C3)CO2)[C@@H]2CC[C@H]2CN2C[C@@]3(CCCc4cc(Cl)ccc43)COc3ccc(cc32)C(=O)NS1(=O)=O. The number of likely N-dealkylation sites (tertiary alicyclic amines) is 1. The number of hydrogen-bond donors (Lipinski definition) is 2. The Kier molecular flexibility index (Phi) is 9.85. The Morgan fingerprint density at radius 2 is 1.76 bits per heavy atom. The first-order chi connectivity index (χ1) is 24.5. The molecule has 4 heterocycles. The topological polar surface area (TPSA) is 118 Å². The molecular formula is C39H52ClN3O7S. The molecule has 4 aliphatic heterocycles. The summed E-state index contributed by atoms with van der Waals surface area (Å²) in [6.07, 6.45) is 7.04. The number of carbonyl (C=O) groups excluding carboxylic acids is 1. The average Bonchev–Trinajstić information content (AvgIpc) is 3.24. The molecule has 0 unspecified atom stereocenters. The number of aliphatic hydroxyl groups excluding tert-OH is 1. The van der Waals surface area contributed by atoms with E-state index in [1.165, 1.54) is 11.1 Å². The monoisotopic (exact) mass is 741 g/mol. The number of ether oxygens (including phenoxy) is 3. The Bertz CT molecular complexity index is 1730. The number of halogens is 1. The van der Waals surface area contributed by atoms with Crippen molar-refractivity contribution in [2.24, 2.45) is 23.7 Å². The van der Waals surface area contributed by atoms with Crippen LogP contribution in [0, 0.1) is 23.7 Å². The molecule has 1 amide bonds. The zero-order valence-corrected chi connectivity index (χ0v) is 31.3. The zero-order valence-electron chi connectivity index (χ0n) is 29.8. The van der Waals surface area contributed by atoms with Crippen LogP contribution in [-0.2, 0) is 31.3 Å². The lowest BCUT2D eigenvalue weighted by molar-refractivity contribution is -0.250. The maximum Gasteiger partial charge on any atom is 0.264 e. The number of hydrogen-bond acceptors (Lipinski definition) is 9. The Balaban J connectivity index is 1.13. The van der Waals surface area contributed by atoms with Crippen molar-refractivity contribution in [1.29, 1.82) is 0 Å². The van der Waals surface area contributed by atoms with Gasteiger partial charge >= 0.3 is 0 Å². The fourth-order valence-electron chi connectivity index (χ4n) is 9.72. The van der Waals surface area contributed by atoms with E-state index in [0.717, 1.165) is 75.2 Å². The van der Waals surface area contributed by atoms with E-state index in [1.807, 2.05) is 25.1 Å². The summed E-state index contributed by atoms with van der Waals surface area (Å²) >= 11 is 6.48. The number of β-amino-alcohol motifs (C(OH)–C–C–N with tert-alkyl or cyclic N) is 1. The molecule has 2 aromatic carbocycles. The Morgan fingerprint density at radius 3 is 2.51 bits per heavy atom. The number of benzene rings is 2. The van der Waals surface area contributed by atoms with Crippen molar-refractivity contribution in [2.45, 2.75) is 94.3 Å². The van der Waals surface area contributed by atoms with Crippen LogP contribution in [0.25, 0.3) is 0 Å². The summed E-state index contributed by atoms with van der Waals surface area (Å²) in [6.45, 7) is 8.18. The molecule has 2 bridgehead atoms. The summed E-state index contributed by atoms with van der Waals surface area (Å²) in [6, 6.07) is 11.8. The van der Waals surface area contributed by atoms with E-state index in [9.17, 15) is 18.3 Å². The second-order valence-electron chi connectivity index (χ2n) is 16.3. The third-order valence-electron chi connectivity index (χ3n) is 13.2. The molecule has 12 heteroatoms. The number of rotatable bonds is 2. The van der Waals surface area contributed by atoms with E-state index in [1.54, 1.807) is 13.0 Å². The summed E-state index contributed by atoms with van der Waals surface area (Å²) in [5.41, 5.74) is 3.43. The van der Waals surface area contributed by atoms with E-state index >= 15 is 0 Å². The summed E-state index contributed by atoms with van der Waals surface area (Å²) < 4.78 is 49.1. The van der Waals surface area contributed by atoms with Gasteiger partial charge in [0.2, 0.25) is 10.0 Å². The highest BCUT2D eigenvalue weighted by Crippen LogP contribution is 2.49. The molecular weight excluding hydrogens is 690 g/mol. The number of aryl methyl sites for hydroxylation is 1. The minimum Gasteiger partial charge on any atom is -0.490 e. The summed E-state index contributed by atoms with van der Waals surface area (Å²) in [5, 5.41) is 9.86. The highest BCUT2D eigenvalue weighted by Gasteiger charge is 2.47. The number of carbonyl (C=O) groups is 1. The van der Waals surface area contributed by atoms with Crippen LogP contribution in [-0.4, -0.2) is 94.0 Å². The van der Waals surface area contributed by atoms with Crippen LogP contribution in [0.2, 0.25) is 5.02 Å². The fourth-order valence-corrected chi connectivity index (χ4v) is 11.2. The van der Waals surface area contributed by atoms with Gasteiger partial charge in [-0.1, -0.05) is 31.0 Å². The Labute approximate surface area is 307 Å². The lowest BCUT2D eigenvalue weighted by Crippen LogP contribution is -2.60. The number of sulfonamides is 1. The molecule has 8 rings (SSSR count). The quantitative estimate of drug-likeness (QED) is 0.432. The van der Waals surface area contributed by atoms with Crippen molar-refractivity contribution < 1.29 is 32.5 Å². The first-order valence-corrected chi connectivity index (χ1v) is 20.9. The Hall–Kier alpha value is -2.41. The van der Waals surface area contributed by atoms with Crippen LogP contribution in [0.1, 0.15) is 80.3 Å². The zero-order chi connectivity index (χ0) is 35.5. The molecule has 1 saturated carbocycles. The van der Waals surface area contributed by atoms with Gasteiger partial charge in [-0.15, -0.1) is 0 Å². The number of nitrogens with zero attached hydrogens (tertiary/aromatic N) is 2. The van der Waals surface area contributed by atoms with E-state index < -0.39 is 21.2 Å². The van der Waals surface area contributed by atoms with Crippen molar-refractivity contribution in [1.82, 2.24) is 9.62 Å². The van der Waals surface area contributed by atoms with Gasteiger partial charge < -0.3 is 24.2 Å². The van der Waals surface area contributed by atoms with E-state index in [4.69, 9.17) is 25.8 Å². The van der Waals surface area contributed by atoms with Crippen molar-refractivity contribution >= 4 is 33.2 Å². The lowest BCUT2D eigenvalue weighted by atomic mass is 9.64. The molecule has 6 atom stereocenters. The van der Waals surface area contributed by atoms with Crippen molar-refractivity contribution in [2.75, 3.05) is 50.9 Å². The van der Waals surface area contributed by atoms with Crippen molar-refractivity contribution in [3.63, 3.8) is 0 Å². The Morgan fingerprint density at radius 1 is 0.961 bits per heavy atom. The number of amides is 1. The summed E-state index contributed by atoms with van der Waals surface area (Å²) in [5.74, 6) is 0.914. The highest BCUT2D eigenvalue weighted by molar-refractivity contribution is 7.90. The van der Waals surface area contributed by atoms with Gasteiger partial charge in [0.25, 0.3) is 5.91 Å². The smallest absolute Gasteiger partial charge is 0.264 e. The predicted molar refractivity (Wildman–Crippen MR) is 196 cm³/mol. The maximum atomic E-state index is 13.6. The number of fused-ring (bicyclic) bond motifs is 4. The molecule has 3 fully saturated rings. The van der Waals surface area contributed by atoms with Gasteiger partial charge in [0, 0.05) is 48.1 Å². The van der Waals surface area contributed by atoms with Crippen LogP contribution in [0.15, 0.2) is 36.4 Å². The first kappa shape index (κ1) is 35.6. The molecule has 6 aliphatic rings. The van der Waals surface area contributed by atoms with Crippen molar-refractivity contribution in [3.8, 4) is 5.75 Å².